The summed E-state index contributed by atoms with van der Waals surface area (Å²) < 4.78 is 24.1. The molecule has 6 heteroatoms. The molecule has 0 radical (unpaired) electrons. The van der Waals surface area contributed by atoms with E-state index in [0.29, 0.717) is 19.8 Å². The minimum absolute atomic E-state index is 0.216. The van der Waals surface area contributed by atoms with Crippen molar-refractivity contribution in [1.29, 1.82) is 0 Å². The highest BCUT2D eigenvalue weighted by molar-refractivity contribution is 5.79. The largest absolute Gasteiger partial charge is 0.379 e. The summed E-state index contributed by atoms with van der Waals surface area (Å²) in [6.45, 7) is 3.75. The van der Waals surface area contributed by atoms with Gasteiger partial charge in [0.1, 0.15) is 5.82 Å². The highest BCUT2D eigenvalue weighted by Gasteiger charge is 2.15. The first kappa shape index (κ1) is 18.7. The summed E-state index contributed by atoms with van der Waals surface area (Å²) in [6, 6.07) is 6.53. The molecule has 0 aromatic heterocycles. The van der Waals surface area contributed by atoms with Crippen LogP contribution < -0.4 is 5.32 Å². The van der Waals surface area contributed by atoms with Gasteiger partial charge in [-0.25, -0.2) is 4.39 Å². The second-order valence-electron chi connectivity index (χ2n) is 6.02. The fourth-order valence-corrected chi connectivity index (χ4v) is 2.69. The van der Waals surface area contributed by atoms with E-state index in [9.17, 15) is 4.39 Å². The Morgan fingerprint density at radius 2 is 2.21 bits per heavy atom. The van der Waals surface area contributed by atoms with Crippen molar-refractivity contribution in [2.24, 2.45) is 4.99 Å². The standard InChI is InChI=1S/C18H28FN3O2/c1-20-18(22(2)13-15-6-8-16(19)9-7-15)21-10-4-11-23-14-17-5-3-12-24-17/h6-9,17H,3-5,10-14H2,1-2H3,(H,20,21). The molecule has 0 amide bonds. The summed E-state index contributed by atoms with van der Waals surface area (Å²) in [5, 5.41) is 3.32. The molecular weight excluding hydrogens is 309 g/mol. The summed E-state index contributed by atoms with van der Waals surface area (Å²) in [7, 11) is 3.73. The molecule has 1 atom stereocenters. The van der Waals surface area contributed by atoms with Gasteiger partial charge in [-0.15, -0.1) is 0 Å². The van der Waals surface area contributed by atoms with Gasteiger partial charge in [-0.05, 0) is 37.0 Å². The van der Waals surface area contributed by atoms with Crippen molar-refractivity contribution >= 4 is 5.96 Å². The fourth-order valence-electron chi connectivity index (χ4n) is 2.69. The van der Waals surface area contributed by atoms with Gasteiger partial charge in [0, 0.05) is 40.4 Å². The molecule has 1 heterocycles. The third-order valence-electron chi connectivity index (χ3n) is 3.98. The molecule has 1 N–H and O–H groups in total. The van der Waals surface area contributed by atoms with Crippen LogP contribution in [0.25, 0.3) is 0 Å². The van der Waals surface area contributed by atoms with E-state index < -0.39 is 0 Å². The Balaban J connectivity index is 1.61. The lowest BCUT2D eigenvalue weighted by molar-refractivity contribution is 0.0168. The molecule has 1 saturated heterocycles. The molecule has 1 fully saturated rings. The second kappa shape index (κ2) is 10.3. The van der Waals surface area contributed by atoms with Gasteiger partial charge in [-0.1, -0.05) is 12.1 Å². The minimum atomic E-state index is -0.216. The van der Waals surface area contributed by atoms with Crippen molar-refractivity contribution in [3.05, 3.63) is 35.6 Å². The highest BCUT2D eigenvalue weighted by atomic mass is 19.1. The van der Waals surface area contributed by atoms with Crippen LogP contribution in [0.15, 0.2) is 29.3 Å². The van der Waals surface area contributed by atoms with Crippen molar-refractivity contribution < 1.29 is 13.9 Å². The van der Waals surface area contributed by atoms with Gasteiger partial charge in [-0.2, -0.15) is 0 Å². The SMILES string of the molecule is CN=C(NCCCOCC1CCCO1)N(C)Cc1ccc(F)cc1. The van der Waals surface area contributed by atoms with Gasteiger partial charge in [0.2, 0.25) is 0 Å². The zero-order valence-corrected chi connectivity index (χ0v) is 14.6. The van der Waals surface area contributed by atoms with Gasteiger partial charge in [0.05, 0.1) is 12.7 Å². The van der Waals surface area contributed by atoms with E-state index in [0.717, 1.165) is 43.9 Å². The van der Waals surface area contributed by atoms with Crippen LogP contribution in [0, 0.1) is 5.82 Å². The summed E-state index contributed by atoms with van der Waals surface area (Å²) in [6.07, 6.45) is 3.45. The van der Waals surface area contributed by atoms with Crippen LogP contribution in [-0.2, 0) is 16.0 Å². The molecule has 0 bridgehead atoms. The maximum Gasteiger partial charge on any atom is 0.193 e. The van der Waals surface area contributed by atoms with E-state index in [4.69, 9.17) is 9.47 Å². The number of nitrogens with one attached hydrogen (secondary N) is 1. The van der Waals surface area contributed by atoms with Crippen LogP contribution in [0.5, 0.6) is 0 Å². The smallest absolute Gasteiger partial charge is 0.193 e. The maximum atomic E-state index is 12.9. The third kappa shape index (κ3) is 6.45. The number of halogens is 1. The molecule has 0 saturated carbocycles. The lowest BCUT2D eigenvalue weighted by atomic mass is 10.2. The number of nitrogens with zero attached hydrogens (tertiary/aromatic N) is 2. The predicted octanol–water partition coefficient (Wildman–Crippen LogP) is 2.42. The van der Waals surface area contributed by atoms with E-state index >= 15 is 0 Å². The molecule has 1 unspecified atom stereocenters. The van der Waals surface area contributed by atoms with Crippen LogP contribution in [0.2, 0.25) is 0 Å². The van der Waals surface area contributed by atoms with Crippen LogP contribution in [0.1, 0.15) is 24.8 Å². The molecule has 1 aromatic rings. The summed E-state index contributed by atoms with van der Waals surface area (Å²) in [4.78, 5) is 6.29. The molecule has 134 valence electrons. The number of hydrogen-bond donors (Lipinski definition) is 1. The summed E-state index contributed by atoms with van der Waals surface area (Å²) in [5.41, 5.74) is 1.04. The lowest BCUT2D eigenvalue weighted by Crippen LogP contribution is -2.39. The Morgan fingerprint density at radius 3 is 2.88 bits per heavy atom. The Labute approximate surface area is 143 Å². The Morgan fingerprint density at radius 1 is 1.42 bits per heavy atom. The molecule has 1 aliphatic heterocycles. The van der Waals surface area contributed by atoms with Crippen molar-refractivity contribution in [3.63, 3.8) is 0 Å². The zero-order valence-electron chi connectivity index (χ0n) is 14.6. The average molecular weight is 337 g/mol. The van der Waals surface area contributed by atoms with Crippen LogP contribution in [-0.4, -0.2) is 57.4 Å². The normalized spacial score (nSPS) is 18.0. The molecule has 0 spiro atoms. The predicted molar refractivity (Wildman–Crippen MR) is 93.6 cm³/mol. The number of benzene rings is 1. The number of rotatable bonds is 8. The number of aliphatic imine (C=N–C) groups is 1. The Kier molecular flexibility index (Phi) is 7.98. The molecule has 1 aromatic carbocycles. The molecule has 0 aliphatic carbocycles. The van der Waals surface area contributed by atoms with Crippen molar-refractivity contribution in [2.75, 3.05) is 40.5 Å². The first-order valence-electron chi connectivity index (χ1n) is 8.54. The maximum absolute atomic E-state index is 12.9. The first-order valence-corrected chi connectivity index (χ1v) is 8.54. The highest BCUT2D eigenvalue weighted by Crippen LogP contribution is 2.11. The topological polar surface area (TPSA) is 46.1 Å². The van der Waals surface area contributed by atoms with Gasteiger partial charge >= 0.3 is 0 Å². The molecule has 1 aliphatic rings. The fraction of sp³-hybridized carbons (Fsp3) is 0.611. The van der Waals surface area contributed by atoms with E-state index in [1.165, 1.54) is 12.1 Å². The van der Waals surface area contributed by atoms with Crippen molar-refractivity contribution in [3.8, 4) is 0 Å². The van der Waals surface area contributed by atoms with Gasteiger partial charge in [0.15, 0.2) is 5.96 Å². The monoisotopic (exact) mass is 337 g/mol. The van der Waals surface area contributed by atoms with Crippen LogP contribution in [0.4, 0.5) is 4.39 Å². The van der Waals surface area contributed by atoms with Crippen molar-refractivity contribution in [2.45, 2.75) is 31.9 Å². The third-order valence-corrected chi connectivity index (χ3v) is 3.98. The molecule has 24 heavy (non-hydrogen) atoms. The molecule has 5 nitrogen and oxygen atoms in total. The lowest BCUT2D eigenvalue weighted by Gasteiger charge is -2.22. The first-order chi connectivity index (χ1) is 11.7. The van der Waals surface area contributed by atoms with Crippen LogP contribution >= 0.6 is 0 Å². The summed E-state index contributed by atoms with van der Waals surface area (Å²) >= 11 is 0. The second-order valence-corrected chi connectivity index (χ2v) is 6.02. The van der Waals surface area contributed by atoms with Gasteiger partial charge in [0.25, 0.3) is 0 Å². The summed E-state index contributed by atoms with van der Waals surface area (Å²) in [5.74, 6) is 0.602. The zero-order chi connectivity index (χ0) is 17.2. The van der Waals surface area contributed by atoms with Gasteiger partial charge in [-0.3, -0.25) is 4.99 Å². The minimum Gasteiger partial charge on any atom is -0.379 e. The van der Waals surface area contributed by atoms with E-state index in [1.807, 2.05) is 11.9 Å². The quantitative estimate of drug-likeness (QED) is 0.450. The Bertz CT molecular complexity index is 501. The van der Waals surface area contributed by atoms with E-state index in [2.05, 4.69) is 10.3 Å². The van der Waals surface area contributed by atoms with Crippen molar-refractivity contribution in [1.82, 2.24) is 10.2 Å². The molecule has 2 rings (SSSR count). The van der Waals surface area contributed by atoms with E-state index in [-0.39, 0.29) is 11.9 Å². The van der Waals surface area contributed by atoms with E-state index in [1.54, 1.807) is 19.2 Å². The number of ether oxygens (including phenoxy) is 2. The van der Waals surface area contributed by atoms with Gasteiger partial charge < -0.3 is 19.7 Å². The number of hydrogen-bond acceptors (Lipinski definition) is 3. The van der Waals surface area contributed by atoms with Crippen LogP contribution in [0.3, 0.4) is 0 Å². The molecular formula is C18H28FN3O2. The Hall–Kier alpha value is -1.66. The average Bonchev–Trinajstić information content (AvgIpc) is 3.09. The number of guanidine groups is 1.